The molecule has 2 aromatic rings. The van der Waals surface area contributed by atoms with Crippen molar-refractivity contribution < 1.29 is 9.59 Å². The van der Waals surface area contributed by atoms with Crippen LogP contribution in [-0.4, -0.2) is 39.9 Å². The summed E-state index contributed by atoms with van der Waals surface area (Å²) in [5, 5.41) is 9.78. The normalized spacial score (nSPS) is 17.6. The highest BCUT2D eigenvalue weighted by Crippen LogP contribution is 2.48. The molecule has 3 rings (SSSR count). The van der Waals surface area contributed by atoms with Crippen LogP contribution < -0.4 is 10.2 Å². The van der Waals surface area contributed by atoms with Crippen LogP contribution in [0.1, 0.15) is 56.0 Å². The first-order chi connectivity index (χ1) is 13.1. The summed E-state index contributed by atoms with van der Waals surface area (Å²) in [5.74, 6) is 0.841. The number of hydrogen-bond donors (Lipinski definition) is 1. The predicted octanol–water partition coefficient (Wildman–Crippen LogP) is 3.47. The first-order valence-electron chi connectivity index (χ1n) is 9.41. The van der Waals surface area contributed by atoms with Crippen molar-refractivity contribution in [3.8, 4) is 0 Å². The third kappa shape index (κ3) is 4.12. The molecule has 2 aromatic heterocycles. The van der Waals surface area contributed by atoms with Gasteiger partial charge in [0.2, 0.25) is 11.8 Å². The molecular weight excluding hydrogens is 392 g/mol. The summed E-state index contributed by atoms with van der Waals surface area (Å²) in [6.07, 6.45) is 0. The topological polar surface area (TPSA) is 67.2 Å². The number of fused-ring (bicyclic) bond motifs is 1. The monoisotopic (exact) mass is 420 g/mol. The van der Waals surface area contributed by atoms with Crippen LogP contribution in [0.2, 0.25) is 0 Å². The second-order valence-electron chi connectivity index (χ2n) is 8.37. The van der Waals surface area contributed by atoms with Gasteiger partial charge in [-0.15, -0.1) is 23.1 Å². The molecule has 0 fully saturated rings. The van der Waals surface area contributed by atoms with E-state index in [0.29, 0.717) is 5.75 Å². The van der Waals surface area contributed by atoms with Gasteiger partial charge in [0.1, 0.15) is 12.4 Å². The number of aryl methyl sites for hydroxylation is 1. The largest absolute Gasteiger partial charge is 0.352 e. The van der Waals surface area contributed by atoms with Gasteiger partial charge in [0.15, 0.2) is 0 Å². The van der Waals surface area contributed by atoms with Gasteiger partial charge < -0.3 is 5.32 Å². The summed E-state index contributed by atoms with van der Waals surface area (Å²) in [4.78, 5) is 28.3. The van der Waals surface area contributed by atoms with Gasteiger partial charge in [-0.05, 0) is 25.3 Å². The minimum Gasteiger partial charge on any atom is -0.352 e. The summed E-state index contributed by atoms with van der Waals surface area (Å²) in [7, 11) is 1.86. The van der Waals surface area contributed by atoms with Crippen LogP contribution in [0, 0.1) is 0 Å². The fourth-order valence-electron chi connectivity index (χ4n) is 3.42. The number of nitrogens with zero attached hydrogens (tertiary/aromatic N) is 3. The van der Waals surface area contributed by atoms with Crippen molar-refractivity contribution in [1.29, 1.82) is 0 Å². The van der Waals surface area contributed by atoms with E-state index in [4.69, 9.17) is 5.10 Å². The van der Waals surface area contributed by atoms with Crippen LogP contribution in [0.25, 0.3) is 0 Å². The van der Waals surface area contributed by atoms with E-state index in [-0.39, 0.29) is 35.1 Å². The van der Waals surface area contributed by atoms with Gasteiger partial charge in [0.05, 0.1) is 16.7 Å². The lowest BCUT2D eigenvalue weighted by Gasteiger charge is -2.24. The standard InChI is InChI=1S/C20H28N4O2S2/c1-12(2)21-14(25)10-24-15(26)11-28-17(13-8-7-9-27-13)16-18(20(3,4)5)22-23(6)19(16)24/h7-9,12,17H,10-11H2,1-6H3,(H,21,25). The van der Waals surface area contributed by atoms with E-state index in [0.717, 1.165) is 17.1 Å². The molecule has 1 unspecified atom stereocenters. The van der Waals surface area contributed by atoms with E-state index in [1.165, 1.54) is 4.88 Å². The smallest absolute Gasteiger partial charge is 0.240 e. The molecule has 8 heteroatoms. The van der Waals surface area contributed by atoms with Crippen LogP contribution in [-0.2, 0) is 22.1 Å². The Morgan fingerprint density at radius 3 is 2.68 bits per heavy atom. The highest BCUT2D eigenvalue weighted by Gasteiger charge is 2.39. The second-order valence-corrected chi connectivity index (χ2v) is 10.4. The summed E-state index contributed by atoms with van der Waals surface area (Å²) < 4.78 is 1.77. The van der Waals surface area contributed by atoms with Crippen molar-refractivity contribution >= 4 is 40.7 Å². The zero-order chi connectivity index (χ0) is 20.6. The predicted molar refractivity (Wildman–Crippen MR) is 116 cm³/mol. The van der Waals surface area contributed by atoms with Gasteiger partial charge in [-0.3, -0.25) is 19.2 Å². The maximum atomic E-state index is 13.0. The summed E-state index contributed by atoms with van der Waals surface area (Å²) in [6.45, 7) is 10.2. The van der Waals surface area contributed by atoms with Gasteiger partial charge in [0.25, 0.3) is 0 Å². The van der Waals surface area contributed by atoms with E-state index in [1.807, 2.05) is 27.0 Å². The fraction of sp³-hybridized carbons (Fsp3) is 0.550. The van der Waals surface area contributed by atoms with Crippen molar-refractivity contribution in [2.45, 2.75) is 51.3 Å². The average Bonchev–Trinajstić information content (AvgIpc) is 3.18. The minimum absolute atomic E-state index is 0.00481. The first kappa shape index (κ1) is 20.9. The molecule has 0 aliphatic carbocycles. The SMILES string of the molecule is CC(C)NC(=O)CN1C(=O)CSC(c2cccs2)c2c(C(C)(C)C)nn(C)c21. The van der Waals surface area contributed by atoms with Crippen molar-refractivity contribution in [1.82, 2.24) is 15.1 Å². The van der Waals surface area contributed by atoms with Gasteiger partial charge in [-0.2, -0.15) is 5.10 Å². The molecule has 0 aromatic carbocycles. The maximum absolute atomic E-state index is 13.0. The quantitative estimate of drug-likeness (QED) is 0.822. The number of carbonyl (C=O) groups is 2. The van der Waals surface area contributed by atoms with Gasteiger partial charge in [-0.1, -0.05) is 26.8 Å². The third-order valence-corrected chi connectivity index (χ3v) is 6.83. The highest BCUT2D eigenvalue weighted by atomic mass is 32.2. The number of amides is 2. The molecule has 0 saturated heterocycles. The van der Waals surface area contributed by atoms with Crippen molar-refractivity contribution in [3.63, 3.8) is 0 Å². The number of anilines is 1. The Morgan fingerprint density at radius 1 is 1.39 bits per heavy atom. The van der Waals surface area contributed by atoms with E-state index in [2.05, 4.69) is 37.5 Å². The average molecular weight is 421 g/mol. The molecule has 1 aliphatic rings. The van der Waals surface area contributed by atoms with Crippen LogP contribution >= 0.6 is 23.1 Å². The molecule has 0 radical (unpaired) electrons. The number of thioether (sulfide) groups is 1. The third-order valence-electron chi connectivity index (χ3n) is 4.51. The number of hydrogen-bond acceptors (Lipinski definition) is 5. The Kier molecular flexibility index (Phi) is 5.91. The second kappa shape index (κ2) is 7.91. The Morgan fingerprint density at radius 2 is 2.11 bits per heavy atom. The van der Waals surface area contributed by atoms with E-state index >= 15 is 0 Å². The fourth-order valence-corrected chi connectivity index (χ4v) is 5.60. The Labute approximate surface area is 174 Å². The number of aromatic nitrogens is 2. The lowest BCUT2D eigenvalue weighted by atomic mass is 9.88. The molecule has 152 valence electrons. The van der Waals surface area contributed by atoms with E-state index in [1.54, 1.807) is 32.7 Å². The Bertz CT molecular complexity index is 866. The maximum Gasteiger partial charge on any atom is 0.240 e. The molecular formula is C20H28N4O2S2. The van der Waals surface area contributed by atoms with E-state index < -0.39 is 0 Å². The molecule has 0 saturated carbocycles. The molecule has 1 aliphatic heterocycles. The summed E-state index contributed by atoms with van der Waals surface area (Å²) >= 11 is 3.30. The Balaban J connectivity index is 2.15. The molecule has 6 nitrogen and oxygen atoms in total. The molecule has 3 heterocycles. The number of carbonyl (C=O) groups excluding carboxylic acids is 2. The van der Waals surface area contributed by atoms with Gasteiger partial charge >= 0.3 is 0 Å². The first-order valence-corrected chi connectivity index (χ1v) is 11.3. The molecule has 28 heavy (non-hydrogen) atoms. The van der Waals surface area contributed by atoms with Crippen LogP contribution in [0.5, 0.6) is 0 Å². The molecule has 2 amide bonds. The molecule has 0 spiro atoms. The summed E-state index contributed by atoms with van der Waals surface area (Å²) in [5.41, 5.74) is 1.84. The zero-order valence-corrected chi connectivity index (χ0v) is 18.9. The van der Waals surface area contributed by atoms with Gasteiger partial charge in [-0.25, -0.2) is 0 Å². The molecule has 1 N–H and O–H groups in total. The van der Waals surface area contributed by atoms with Crippen molar-refractivity contribution in [2.24, 2.45) is 7.05 Å². The van der Waals surface area contributed by atoms with Crippen LogP contribution in [0.15, 0.2) is 17.5 Å². The zero-order valence-electron chi connectivity index (χ0n) is 17.3. The van der Waals surface area contributed by atoms with E-state index in [9.17, 15) is 9.59 Å². The minimum atomic E-state index is -0.180. The number of rotatable bonds is 4. The van der Waals surface area contributed by atoms with Gasteiger partial charge in [0, 0.05) is 28.9 Å². The number of thiophene rings is 1. The van der Waals surface area contributed by atoms with Crippen molar-refractivity contribution in [2.75, 3.05) is 17.2 Å². The molecule has 0 bridgehead atoms. The summed E-state index contributed by atoms with van der Waals surface area (Å²) in [6, 6.07) is 4.17. The lowest BCUT2D eigenvalue weighted by molar-refractivity contribution is -0.123. The lowest BCUT2D eigenvalue weighted by Crippen LogP contribution is -2.44. The number of nitrogens with one attached hydrogen (secondary N) is 1. The van der Waals surface area contributed by atoms with Crippen LogP contribution in [0.3, 0.4) is 0 Å². The van der Waals surface area contributed by atoms with Crippen LogP contribution in [0.4, 0.5) is 5.82 Å². The highest BCUT2D eigenvalue weighted by molar-refractivity contribution is 8.00. The molecule has 1 atom stereocenters. The van der Waals surface area contributed by atoms with Crippen molar-refractivity contribution in [3.05, 3.63) is 33.6 Å². The Hall–Kier alpha value is -1.80.